The highest BCUT2D eigenvalue weighted by Crippen LogP contribution is 2.18. The first-order valence-corrected chi connectivity index (χ1v) is 11.6. The van der Waals surface area contributed by atoms with Crippen molar-refractivity contribution in [1.29, 1.82) is 0 Å². The minimum absolute atomic E-state index is 0.245. The van der Waals surface area contributed by atoms with E-state index in [9.17, 15) is 9.18 Å². The van der Waals surface area contributed by atoms with Crippen LogP contribution in [0.5, 0.6) is 0 Å². The Morgan fingerprint density at radius 1 is 1.03 bits per heavy atom. The average molecular weight is 473 g/mol. The molecule has 35 heavy (non-hydrogen) atoms. The molecule has 0 fully saturated rings. The molecular formula is C28H29FN4O2. The van der Waals surface area contributed by atoms with Crippen LogP contribution in [0, 0.1) is 19.7 Å². The van der Waals surface area contributed by atoms with Gasteiger partial charge in [-0.15, -0.1) is 0 Å². The maximum atomic E-state index is 13.4. The molecular weight excluding hydrogens is 443 g/mol. The molecule has 0 atom stereocenters. The number of aryl methyl sites for hydroxylation is 2. The number of rotatable bonds is 10. The molecule has 1 N–H and O–H groups in total. The summed E-state index contributed by atoms with van der Waals surface area (Å²) in [6.07, 6.45) is 3.76. The van der Waals surface area contributed by atoms with Gasteiger partial charge in [-0.1, -0.05) is 42.0 Å². The van der Waals surface area contributed by atoms with E-state index in [0.717, 1.165) is 11.3 Å². The van der Waals surface area contributed by atoms with Gasteiger partial charge in [-0.2, -0.15) is 0 Å². The highest BCUT2D eigenvalue weighted by molar-refractivity contribution is 5.91. The third kappa shape index (κ3) is 7.07. The molecule has 6 nitrogen and oxygen atoms in total. The van der Waals surface area contributed by atoms with Crippen LogP contribution < -0.4 is 5.32 Å². The lowest BCUT2D eigenvalue weighted by molar-refractivity contribution is 0.0949. The van der Waals surface area contributed by atoms with E-state index in [-0.39, 0.29) is 17.4 Å². The van der Waals surface area contributed by atoms with Gasteiger partial charge in [-0.25, -0.2) is 9.37 Å². The summed E-state index contributed by atoms with van der Waals surface area (Å²) in [6, 6.07) is 18.6. The third-order valence-electron chi connectivity index (χ3n) is 5.75. The van der Waals surface area contributed by atoms with Gasteiger partial charge in [0.1, 0.15) is 12.1 Å². The Morgan fingerprint density at radius 3 is 2.63 bits per heavy atom. The second kappa shape index (κ2) is 11.5. The SMILES string of the molecule is Cc1ccc(C)c(CN(Cc2ccc(F)cc2)Cc2nc(C(=O)NCCc3ccccn3)co2)c1. The van der Waals surface area contributed by atoms with Crippen LogP contribution in [0.3, 0.4) is 0 Å². The number of nitrogens with zero attached hydrogens (tertiary/aromatic N) is 3. The summed E-state index contributed by atoms with van der Waals surface area (Å²) < 4.78 is 19.0. The number of amides is 1. The van der Waals surface area contributed by atoms with Gasteiger partial charge in [0.25, 0.3) is 5.91 Å². The molecule has 0 aliphatic rings. The summed E-state index contributed by atoms with van der Waals surface area (Å²) in [5, 5.41) is 2.86. The summed E-state index contributed by atoms with van der Waals surface area (Å²) in [7, 11) is 0. The Labute approximate surface area is 204 Å². The molecule has 0 spiro atoms. The summed E-state index contributed by atoms with van der Waals surface area (Å²) in [6.45, 7) is 6.28. The van der Waals surface area contributed by atoms with Crippen molar-refractivity contribution in [1.82, 2.24) is 20.2 Å². The molecule has 2 aromatic carbocycles. The normalized spacial score (nSPS) is 11.1. The van der Waals surface area contributed by atoms with Gasteiger partial charge in [0.15, 0.2) is 5.69 Å². The zero-order valence-electron chi connectivity index (χ0n) is 20.0. The molecule has 4 rings (SSSR count). The van der Waals surface area contributed by atoms with Gasteiger partial charge in [0.2, 0.25) is 5.89 Å². The number of carbonyl (C=O) groups excluding carboxylic acids is 1. The van der Waals surface area contributed by atoms with E-state index in [1.807, 2.05) is 18.2 Å². The van der Waals surface area contributed by atoms with Crippen molar-refractivity contribution in [3.8, 4) is 0 Å². The number of halogens is 1. The van der Waals surface area contributed by atoms with Crippen LogP contribution in [-0.2, 0) is 26.1 Å². The van der Waals surface area contributed by atoms with E-state index in [2.05, 4.69) is 52.2 Å². The summed E-state index contributed by atoms with van der Waals surface area (Å²) in [4.78, 5) is 23.4. The Balaban J connectivity index is 1.42. The molecule has 4 aromatic rings. The number of hydrogen-bond acceptors (Lipinski definition) is 5. The smallest absolute Gasteiger partial charge is 0.273 e. The first kappa shape index (κ1) is 24.3. The van der Waals surface area contributed by atoms with Crippen molar-refractivity contribution in [2.45, 2.75) is 39.9 Å². The number of pyridine rings is 1. The fourth-order valence-electron chi connectivity index (χ4n) is 3.85. The molecule has 0 radical (unpaired) electrons. The summed E-state index contributed by atoms with van der Waals surface area (Å²) in [5.74, 6) is -0.0935. The minimum Gasteiger partial charge on any atom is -0.447 e. The van der Waals surface area contributed by atoms with Crippen LogP contribution >= 0.6 is 0 Å². The van der Waals surface area contributed by atoms with E-state index < -0.39 is 0 Å². The summed E-state index contributed by atoms with van der Waals surface area (Å²) in [5.41, 5.74) is 5.72. The van der Waals surface area contributed by atoms with E-state index in [4.69, 9.17) is 4.42 Å². The molecule has 0 unspecified atom stereocenters. The quantitative estimate of drug-likeness (QED) is 0.352. The van der Waals surface area contributed by atoms with Crippen LogP contribution in [0.15, 0.2) is 77.5 Å². The fourth-order valence-corrected chi connectivity index (χ4v) is 3.85. The predicted molar refractivity (Wildman–Crippen MR) is 132 cm³/mol. The Bertz CT molecular complexity index is 1260. The Hall–Kier alpha value is -3.84. The minimum atomic E-state index is -0.282. The van der Waals surface area contributed by atoms with Crippen molar-refractivity contribution in [2.24, 2.45) is 0 Å². The van der Waals surface area contributed by atoms with Crippen LogP contribution in [0.25, 0.3) is 0 Å². The van der Waals surface area contributed by atoms with Crippen LogP contribution in [0.2, 0.25) is 0 Å². The van der Waals surface area contributed by atoms with Gasteiger partial charge in [0, 0.05) is 37.9 Å². The second-order valence-electron chi connectivity index (χ2n) is 8.66. The van der Waals surface area contributed by atoms with E-state index in [0.29, 0.717) is 38.5 Å². The van der Waals surface area contributed by atoms with Crippen molar-refractivity contribution in [3.05, 3.63) is 118 Å². The molecule has 0 saturated heterocycles. The highest BCUT2D eigenvalue weighted by Gasteiger charge is 2.16. The molecule has 2 aromatic heterocycles. The van der Waals surface area contributed by atoms with Crippen LogP contribution in [0.4, 0.5) is 4.39 Å². The first-order chi connectivity index (χ1) is 17.0. The molecule has 0 saturated carbocycles. The van der Waals surface area contributed by atoms with E-state index in [1.54, 1.807) is 18.3 Å². The molecule has 0 aliphatic carbocycles. The highest BCUT2D eigenvalue weighted by atomic mass is 19.1. The Morgan fingerprint density at radius 2 is 1.86 bits per heavy atom. The van der Waals surface area contributed by atoms with Crippen LogP contribution in [-0.4, -0.2) is 27.3 Å². The van der Waals surface area contributed by atoms with Gasteiger partial charge in [-0.3, -0.25) is 14.7 Å². The number of hydrogen-bond donors (Lipinski definition) is 1. The maximum Gasteiger partial charge on any atom is 0.273 e. The lowest BCUT2D eigenvalue weighted by Gasteiger charge is -2.22. The number of carbonyl (C=O) groups is 1. The molecule has 0 bridgehead atoms. The van der Waals surface area contributed by atoms with E-state index in [1.165, 1.54) is 35.1 Å². The van der Waals surface area contributed by atoms with Crippen molar-refractivity contribution in [3.63, 3.8) is 0 Å². The second-order valence-corrected chi connectivity index (χ2v) is 8.66. The monoisotopic (exact) mass is 472 g/mol. The summed E-state index contributed by atoms with van der Waals surface area (Å²) >= 11 is 0. The number of oxazole rings is 1. The van der Waals surface area contributed by atoms with Gasteiger partial charge < -0.3 is 9.73 Å². The lowest BCUT2D eigenvalue weighted by atomic mass is 10.0. The molecule has 2 heterocycles. The fraction of sp³-hybridized carbons (Fsp3) is 0.250. The molecule has 7 heteroatoms. The standard InChI is InChI=1S/C28H29FN4O2/c1-20-6-7-21(2)23(15-20)17-33(16-22-8-10-24(29)11-9-22)18-27-32-26(19-35-27)28(34)31-14-12-25-5-3-4-13-30-25/h3-11,13,15,19H,12,14,16-18H2,1-2H3,(H,31,34). The Kier molecular flexibility index (Phi) is 8.00. The van der Waals surface area contributed by atoms with E-state index >= 15 is 0 Å². The van der Waals surface area contributed by atoms with Gasteiger partial charge >= 0.3 is 0 Å². The number of nitrogens with one attached hydrogen (secondary N) is 1. The van der Waals surface area contributed by atoms with Crippen molar-refractivity contribution >= 4 is 5.91 Å². The molecule has 1 amide bonds. The topological polar surface area (TPSA) is 71.3 Å². The number of benzene rings is 2. The predicted octanol–water partition coefficient (Wildman–Crippen LogP) is 5.00. The first-order valence-electron chi connectivity index (χ1n) is 11.6. The third-order valence-corrected chi connectivity index (χ3v) is 5.75. The molecule has 180 valence electrons. The van der Waals surface area contributed by atoms with Gasteiger partial charge in [-0.05, 0) is 54.8 Å². The zero-order chi connectivity index (χ0) is 24.6. The largest absolute Gasteiger partial charge is 0.447 e. The molecule has 0 aliphatic heterocycles. The van der Waals surface area contributed by atoms with Gasteiger partial charge in [0.05, 0.1) is 6.54 Å². The number of aromatic nitrogens is 2. The lowest BCUT2D eigenvalue weighted by Crippen LogP contribution is -2.26. The maximum absolute atomic E-state index is 13.4. The van der Waals surface area contributed by atoms with Crippen molar-refractivity contribution < 1.29 is 13.6 Å². The van der Waals surface area contributed by atoms with Crippen molar-refractivity contribution in [2.75, 3.05) is 6.54 Å². The average Bonchev–Trinajstić information content (AvgIpc) is 3.32. The van der Waals surface area contributed by atoms with Crippen LogP contribution in [0.1, 0.15) is 44.3 Å². The zero-order valence-corrected chi connectivity index (χ0v) is 20.0.